The number of furan rings is 1. The Bertz CT molecular complexity index is 659. The zero-order valence-electron chi connectivity index (χ0n) is 11.6. The van der Waals surface area contributed by atoms with E-state index in [1.807, 2.05) is 13.0 Å². The van der Waals surface area contributed by atoms with Gasteiger partial charge in [-0.3, -0.25) is 9.59 Å². The third kappa shape index (κ3) is 3.06. The van der Waals surface area contributed by atoms with Gasteiger partial charge in [0.25, 0.3) is 5.91 Å². The van der Waals surface area contributed by atoms with Crippen molar-refractivity contribution < 1.29 is 14.0 Å². The van der Waals surface area contributed by atoms with Crippen molar-refractivity contribution in [1.29, 1.82) is 0 Å². The molecular formula is C15H16N2O3. The van der Waals surface area contributed by atoms with E-state index in [1.54, 1.807) is 25.1 Å². The van der Waals surface area contributed by atoms with E-state index < -0.39 is 0 Å². The van der Waals surface area contributed by atoms with Gasteiger partial charge in [0.05, 0.1) is 11.8 Å². The van der Waals surface area contributed by atoms with E-state index in [4.69, 9.17) is 4.42 Å². The molecule has 0 fully saturated rings. The van der Waals surface area contributed by atoms with Gasteiger partial charge < -0.3 is 15.1 Å². The number of aryl methyl sites for hydroxylation is 2. The molecule has 0 aliphatic carbocycles. The maximum Gasteiger partial charge on any atom is 0.259 e. The second-order valence-corrected chi connectivity index (χ2v) is 4.56. The molecule has 104 valence electrons. The second kappa shape index (κ2) is 5.61. The average Bonchev–Trinajstić information content (AvgIpc) is 2.79. The summed E-state index contributed by atoms with van der Waals surface area (Å²) in [5.74, 6) is 0.174. The molecule has 0 spiro atoms. The van der Waals surface area contributed by atoms with Gasteiger partial charge in [-0.1, -0.05) is 6.07 Å². The highest BCUT2D eigenvalue weighted by molar-refractivity contribution is 6.05. The molecule has 0 aliphatic heterocycles. The highest BCUT2D eigenvalue weighted by atomic mass is 16.3. The molecule has 0 saturated carbocycles. The third-order valence-corrected chi connectivity index (χ3v) is 2.91. The Morgan fingerprint density at radius 1 is 1.10 bits per heavy atom. The van der Waals surface area contributed by atoms with Crippen molar-refractivity contribution >= 4 is 23.2 Å². The SMILES string of the molecule is CC(=O)Nc1cc(NC(=O)c2ccoc2C)ccc1C. The van der Waals surface area contributed by atoms with Crippen LogP contribution < -0.4 is 10.6 Å². The van der Waals surface area contributed by atoms with Gasteiger partial charge in [-0.15, -0.1) is 0 Å². The molecule has 5 nitrogen and oxygen atoms in total. The smallest absolute Gasteiger partial charge is 0.259 e. The zero-order chi connectivity index (χ0) is 14.7. The number of nitrogens with one attached hydrogen (secondary N) is 2. The van der Waals surface area contributed by atoms with Gasteiger partial charge in [-0.05, 0) is 37.6 Å². The summed E-state index contributed by atoms with van der Waals surface area (Å²) in [7, 11) is 0. The molecular weight excluding hydrogens is 256 g/mol. The van der Waals surface area contributed by atoms with Crippen LogP contribution in [0.15, 0.2) is 34.9 Å². The molecule has 1 heterocycles. The van der Waals surface area contributed by atoms with E-state index in [9.17, 15) is 9.59 Å². The number of hydrogen-bond acceptors (Lipinski definition) is 3. The Hall–Kier alpha value is -2.56. The van der Waals surface area contributed by atoms with E-state index >= 15 is 0 Å². The van der Waals surface area contributed by atoms with Crippen LogP contribution in [0.3, 0.4) is 0 Å². The molecule has 0 radical (unpaired) electrons. The summed E-state index contributed by atoms with van der Waals surface area (Å²) < 4.78 is 5.10. The lowest BCUT2D eigenvalue weighted by atomic mass is 10.1. The van der Waals surface area contributed by atoms with E-state index in [-0.39, 0.29) is 11.8 Å². The molecule has 0 saturated heterocycles. The average molecular weight is 272 g/mol. The Morgan fingerprint density at radius 3 is 2.45 bits per heavy atom. The van der Waals surface area contributed by atoms with Crippen LogP contribution in [0.2, 0.25) is 0 Å². The fourth-order valence-corrected chi connectivity index (χ4v) is 1.84. The molecule has 0 aliphatic rings. The van der Waals surface area contributed by atoms with E-state index in [0.29, 0.717) is 22.7 Å². The molecule has 0 bridgehead atoms. The van der Waals surface area contributed by atoms with Crippen molar-refractivity contribution in [3.8, 4) is 0 Å². The van der Waals surface area contributed by atoms with Gasteiger partial charge in [0.15, 0.2) is 0 Å². The summed E-state index contributed by atoms with van der Waals surface area (Å²) in [6, 6.07) is 6.97. The van der Waals surface area contributed by atoms with Crippen LogP contribution in [0.5, 0.6) is 0 Å². The van der Waals surface area contributed by atoms with Gasteiger partial charge in [-0.2, -0.15) is 0 Å². The van der Waals surface area contributed by atoms with Gasteiger partial charge in [0.1, 0.15) is 5.76 Å². The molecule has 5 heteroatoms. The zero-order valence-corrected chi connectivity index (χ0v) is 11.6. The lowest BCUT2D eigenvalue weighted by molar-refractivity contribution is -0.114. The highest BCUT2D eigenvalue weighted by Gasteiger charge is 2.12. The lowest BCUT2D eigenvalue weighted by Crippen LogP contribution is -2.13. The predicted octanol–water partition coefficient (Wildman–Crippen LogP) is 3.11. The number of benzene rings is 1. The van der Waals surface area contributed by atoms with Crippen LogP contribution in [0.25, 0.3) is 0 Å². The summed E-state index contributed by atoms with van der Waals surface area (Å²) in [4.78, 5) is 23.2. The number of carbonyl (C=O) groups excluding carboxylic acids is 2. The van der Waals surface area contributed by atoms with Crippen molar-refractivity contribution in [3.05, 3.63) is 47.4 Å². The maximum absolute atomic E-state index is 12.1. The summed E-state index contributed by atoms with van der Waals surface area (Å²) >= 11 is 0. The fraction of sp³-hybridized carbons (Fsp3) is 0.200. The fourth-order valence-electron chi connectivity index (χ4n) is 1.84. The standard InChI is InChI=1S/C15H16N2O3/c1-9-4-5-12(8-14(9)16-11(3)18)17-15(19)13-6-7-20-10(13)2/h4-8H,1-3H3,(H,16,18)(H,17,19). The van der Waals surface area contributed by atoms with Crippen LogP contribution in [0.1, 0.15) is 28.6 Å². The monoisotopic (exact) mass is 272 g/mol. The van der Waals surface area contributed by atoms with Crippen LogP contribution in [-0.4, -0.2) is 11.8 Å². The summed E-state index contributed by atoms with van der Waals surface area (Å²) in [6.45, 7) is 5.06. The molecule has 2 rings (SSSR count). The Morgan fingerprint density at radius 2 is 1.85 bits per heavy atom. The van der Waals surface area contributed by atoms with Crippen LogP contribution in [0.4, 0.5) is 11.4 Å². The Labute approximate surface area is 117 Å². The normalized spacial score (nSPS) is 10.2. The first kappa shape index (κ1) is 13.9. The van der Waals surface area contributed by atoms with Gasteiger partial charge >= 0.3 is 0 Å². The van der Waals surface area contributed by atoms with Crippen molar-refractivity contribution in [3.63, 3.8) is 0 Å². The van der Waals surface area contributed by atoms with E-state index in [1.165, 1.54) is 13.2 Å². The second-order valence-electron chi connectivity index (χ2n) is 4.56. The van der Waals surface area contributed by atoms with Gasteiger partial charge in [0.2, 0.25) is 5.91 Å². The first-order chi connectivity index (χ1) is 9.47. The van der Waals surface area contributed by atoms with Crippen molar-refractivity contribution in [1.82, 2.24) is 0 Å². The maximum atomic E-state index is 12.1. The minimum Gasteiger partial charge on any atom is -0.469 e. The molecule has 1 aromatic heterocycles. The summed E-state index contributed by atoms with van der Waals surface area (Å²) in [6.07, 6.45) is 1.47. The predicted molar refractivity (Wildman–Crippen MR) is 76.9 cm³/mol. The lowest BCUT2D eigenvalue weighted by Gasteiger charge is -2.10. The Kier molecular flexibility index (Phi) is 3.89. The van der Waals surface area contributed by atoms with Gasteiger partial charge in [-0.25, -0.2) is 0 Å². The van der Waals surface area contributed by atoms with E-state index in [2.05, 4.69) is 10.6 Å². The third-order valence-electron chi connectivity index (χ3n) is 2.91. The number of carbonyl (C=O) groups is 2. The minimum atomic E-state index is -0.242. The minimum absolute atomic E-state index is 0.151. The highest BCUT2D eigenvalue weighted by Crippen LogP contribution is 2.21. The van der Waals surface area contributed by atoms with E-state index in [0.717, 1.165) is 5.56 Å². The van der Waals surface area contributed by atoms with Gasteiger partial charge in [0, 0.05) is 18.3 Å². The van der Waals surface area contributed by atoms with Crippen LogP contribution in [-0.2, 0) is 4.79 Å². The molecule has 2 aromatic rings. The van der Waals surface area contributed by atoms with Crippen LogP contribution >= 0.6 is 0 Å². The number of amides is 2. The first-order valence-electron chi connectivity index (χ1n) is 6.21. The molecule has 1 aromatic carbocycles. The van der Waals surface area contributed by atoms with Crippen molar-refractivity contribution in [2.24, 2.45) is 0 Å². The largest absolute Gasteiger partial charge is 0.469 e. The van der Waals surface area contributed by atoms with Crippen molar-refractivity contribution in [2.45, 2.75) is 20.8 Å². The topological polar surface area (TPSA) is 71.3 Å². The molecule has 20 heavy (non-hydrogen) atoms. The molecule has 0 unspecified atom stereocenters. The quantitative estimate of drug-likeness (QED) is 0.901. The summed E-state index contributed by atoms with van der Waals surface area (Å²) in [5.41, 5.74) is 2.72. The summed E-state index contributed by atoms with van der Waals surface area (Å²) in [5, 5.41) is 5.50. The molecule has 2 N–H and O–H groups in total. The Balaban J connectivity index is 2.20. The van der Waals surface area contributed by atoms with Crippen molar-refractivity contribution in [2.75, 3.05) is 10.6 Å². The number of anilines is 2. The molecule has 0 atom stereocenters. The number of rotatable bonds is 3. The number of hydrogen-bond donors (Lipinski definition) is 2. The van der Waals surface area contributed by atoms with Crippen LogP contribution in [0, 0.1) is 13.8 Å². The first-order valence-corrected chi connectivity index (χ1v) is 6.21. The molecule has 2 amide bonds.